The Hall–Kier alpha value is -1.72. The highest BCUT2D eigenvalue weighted by Gasteiger charge is 2.45. The van der Waals surface area contributed by atoms with Crippen molar-refractivity contribution in [3.63, 3.8) is 0 Å². The number of nitrogens with zero attached hydrogens (tertiary/aromatic N) is 3. The molecule has 1 amide bonds. The van der Waals surface area contributed by atoms with Gasteiger partial charge in [0.1, 0.15) is 5.60 Å². The Labute approximate surface area is 154 Å². The molecule has 0 saturated carbocycles. The van der Waals surface area contributed by atoms with Crippen molar-refractivity contribution in [3.8, 4) is 0 Å². The van der Waals surface area contributed by atoms with Gasteiger partial charge in [0, 0.05) is 63.7 Å². The van der Waals surface area contributed by atoms with Crippen molar-refractivity contribution in [2.75, 3.05) is 33.2 Å². The molecule has 1 aromatic carbocycles. The lowest BCUT2D eigenvalue weighted by Crippen LogP contribution is -2.47. The summed E-state index contributed by atoms with van der Waals surface area (Å²) in [5.74, 6) is 0. The van der Waals surface area contributed by atoms with Crippen LogP contribution in [0.3, 0.4) is 0 Å². The van der Waals surface area contributed by atoms with Crippen LogP contribution < -0.4 is 0 Å². The number of carbonyl (C=O) groups excluding carboxylic acids is 1. The highest BCUT2D eigenvalue weighted by molar-refractivity contribution is 5.85. The number of aryl methyl sites for hydroxylation is 1. The Morgan fingerprint density at radius 1 is 1.16 bits per heavy atom. The van der Waals surface area contributed by atoms with Crippen molar-refractivity contribution in [3.05, 3.63) is 36.0 Å². The number of hydrogen-bond donors (Lipinski definition) is 0. The maximum absolute atomic E-state index is 11.7. The van der Waals surface area contributed by atoms with E-state index in [2.05, 4.69) is 47.0 Å². The molecule has 0 aliphatic carbocycles. The minimum atomic E-state index is -0.234. The molecule has 25 heavy (non-hydrogen) atoms. The minimum absolute atomic E-state index is 0. The average Bonchev–Trinajstić information content (AvgIpc) is 3.05. The molecule has 136 valence electrons. The summed E-state index contributed by atoms with van der Waals surface area (Å²) in [6.07, 6.45) is 5.04. The molecule has 0 unspecified atom stereocenters. The molecule has 4 rings (SSSR count). The lowest BCUT2D eigenvalue weighted by atomic mass is 9.91. The number of halogens is 1. The Bertz CT molecular complexity index is 765. The largest absolute Gasteiger partial charge is 0.441 e. The van der Waals surface area contributed by atoms with Crippen molar-refractivity contribution in [2.24, 2.45) is 7.05 Å². The summed E-state index contributed by atoms with van der Waals surface area (Å²) in [6, 6.07) is 8.59. The molecule has 0 bridgehead atoms. The Kier molecular flexibility index (Phi) is 4.98. The summed E-state index contributed by atoms with van der Waals surface area (Å²) >= 11 is 0. The van der Waals surface area contributed by atoms with Gasteiger partial charge >= 0.3 is 6.09 Å². The van der Waals surface area contributed by atoms with E-state index in [1.165, 1.54) is 16.5 Å². The number of likely N-dealkylation sites (tertiary alicyclic amines) is 1. The number of fused-ring (bicyclic) bond motifs is 1. The van der Waals surface area contributed by atoms with Crippen LogP contribution in [0.1, 0.15) is 18.4 Å². The van der Waals surface area contributed by atoms with Crippen molar-refractivity contribution in [1.82, 2.24) is 14.4 Å². The Morgan fingerprint density at radius 3 is 2.56 bits per heavy atom. The van der Waals surface area contributed by atoms with Gasteiger partial charge in [-0.2, -0.15) is 0 Å². The third kappa shape index (κ3) is 3.35. The number of amides is 1. The summed E-state index contributed by atoms with van der Waals surface area (Å²) in [6.45, 7) is 3.81. The molecule has 3 heterocycles. The SMILES string of the molecule is CN1CC2(CCN(CCc3cn(C)c4ccccc34)CC2)OC1=O.Cl. The molecule has 5 nitrogen and oxygen atoms in total. The second-order valence-electron chi connectivity index (χ2n) is 7.28. The maximum Gasteiger partial charge on any atom is 0.410 e. The van der Waals surface area contributed by atoms with Gasteiger partial charge < -0.3 is 19.1 Å². The molecule has 2 fully saturated rings. The fourth-order valence-corrected chi connectivity index (χ4v) is 4.14. The number of benzene rings is 1. The quantitative estimate of drug-likeness (QED) is 0.841. The lowest BCUT2D eigenvalue weighted by molar-refractivity contribution is 0.00108. The van der Waals surface area contributed by atoms with Gasteiger partial charge in [-0.1, -0.05) is 18.2 Å². The third-order valence-corrected chi connectivity index (χ3v) is 5.58. The van der Waals surface area contributed by atoms with E-state index in [-0.39, 0.29) is 24.1 Å². The number of likely N-dealkylation sites (N-methyl/N-ethyl adjacent to an activating group) is 1. The molecule has 0 N–H and O–H groups in total. The third-order valence-electron chi connectivity index (χ3n) is 5.58. The van der Waals surface area contributed by atoms with Gasteiger partial charge in [-0.05, 0) is 18.1 Å². The molecular weight excluding hydrogens is 338 g/mol. The van der Waals surface area contributed by atoms with Crippen LogP contribution in [0.5, 0.6) is 0 Å². The summed E-state index contributed by atoms with van der Waals surface area (Å²) in [4.78, 5) is 15.9. The van der Waals surface area contributed by atoms with E-state index in [9.17, 15) is 4.79 Å². The van der Waals surface area contributed by atoms with E-state index in [4.69, 9.17) is 4.74 Å². The summed E-state index contributed by atoms with van der Waals surface area (Å²) in [7, 11) is 3.94. The predicted octanol–water partition coefficient (Wildman–Crippen LogP) is 3.06. The zero-order valence-electron chi connectivity index (χ0n) is 14.9. The van der Waals surface area contributed by atoms with Crippen molar-refractivity contribution in [2.45, 2.75) is 24.9 Å². The molecule has 6 heteroatoms. The topological polar surface area (TPSA) is 37.7 Å². The molecule has 2 aliphatic rings. The molecule has 2 aliphatic heterocycles. The zero-order valence-corrected chi connectivity index (χ0v) is 15.7. The van der Waals surface area contributed by atoms with Gasteiger partial charge in [0.25, 0.3) is 0 Å². The summed E-state index contributed by atoms with van der Waals surface area (Å²) in [5.41, 5.74) is 2.48. The van der Waals surface area contributed by atoms with Gasteiger partial charge in [-0.3, -0.25) is 0 Å². The van der Waals surface area contributed by atoms with Gasteiger partial charge in [0.05, 0.1) is 6.54 Å². The molecular formula is C19H26ClN3O2. The van der Waals surface area contributed by atoms with Gasteiger partial charge in [-0.15, -0.1) is 12.4 Å². The average molecular weight is 364 g/mol. The first-order valence-corrected chi connectivity index (χ1v) is 8.76. The van der Waals surface area contributed by atoms with Crippen LogP contribution in [0.25, 0.3) is 10.9 Å². The molecule has 1 spiro atoms. The molecule has 0 radical (unpaired) electrons. The van der Waals surface area contributed by atoms with E-state index in [1.54, 1.807) is 4.90 Å². The first-order chi connectivity index (χ1) is 11.6. The van der Waals surface area contributed by atoms with E-state index in [1.807, 2.05) is 7.05 Å². The van der Waals surface area contributed by atoms with E-state index < -0.39 is 0 Å². The number of para-hydroxylation sites is 1. The number of ether oxygens (including phenoxy) is 1. The zero-order chi connectivity index (χ0) is 16.7. The van der Waals surface area contributed by atoms with E-state index in [0.29, 0.717) is 0 Å². The van der Waals surface area contributed by atoms with Gasteiger partial charge in [0.2, 0.25) is 0 Å². The number of hydrogen-bond acceptors (Lipinski definition) is 3. The van der Waals surface area contributed by atoms with Crippen LogP contribution in [0.15, 0.2) is 30.5 Å². The molecule has 2 aromatic rings. The van der Waals surface area contributed by atoms with Gasteiger partial charge in [0.15, 0.2) is 0 Å². The van der Waals surface area contributed by atoms with E-state index >= 15 is 0 Å². The van der Waals surface area contributed by atoms with Crippen LogP contribution in [0.4, 0.5) is 4.79 Å². The molecule has 0 atom stereocenters. The predicted molar refractivity (Wildman–Crippen MR) is 101 cm³/mol. The lowest BCUT2D eigenvalue weighted by Gasteiger charge is -2.37. The van der Waals surface area contributed by atoms with Crippen LogP contribution in [0, 0.1) is 0 Å². The van der Waals surface area contributed by atoms with Crippen LogP contribution in [-0.4, -0.2) is 59.3 Å². The highest BCUT2D eigenvalue weighted by Crippen LogP contribution is 2.32. The van der Waals surface area contributed by atoms with Crippen LogP contribution in [-0.2, 0) is 18.2 Å². The Morgan fingerprint density at radius 2 is 1.88 bits per heavy atom. The van der Waals surface area contributed by atoms with Crippen molar-refractivity contribution in [1.29, 1.82) is 0 Å². The van der Waals surface area contributed by atoms with Crippen LogP contribution in [0.2, 0.25) is 0 Å². The monoisotopic (exact) mass is 363 g/mol. The summed E-state index contributed by atoms with van der Waals surface area (Å²) < 4.78 is 7.84. The van der Waals surface area contributed by atoms with E-state index in [0.717, 1.165) is 45.4 Å². The fourth-order valence-electron chi connectivity index (χ4n) is 4.14. The highest BCUT2D eigenvalue weighted by atomic mass is 35.5. The number of rotatable bonds is 3. The molecule has 2 saturated heterocycles. The Balaban J connectivity index is 0.00000182. The normalized spacial score (nSPS) is 20.1. The minimum Gasteiger partial charge on any atom is -0.441 e. The van der Waals surface area contributed by atoms with Crippen molar-refractivity contribution >= 4 is 29.4 Å². The van der Waals surface area contributed by atoms with Crippen molar-refractivity contribution < 1.29 is 9.53 Å². The second-order valence-corrected chi connectivity index (χ2v) is 7.28. The first kappa shape index (κ1) is 18.1. The fraction of sp³-hybridized carbons (Fsp3) is 0.526. The first-order valence-electron chi connectivity index (χ1n) is 8.76. The smallest absolute Gasteiger partial charge is 0.410 e. The molecule has 1 aromatic heterocycles. The van der Waals surface area contributed by atoms with Gasteiger partial charge in [-0.25, -0.2) is 4.79 Å². The maximum atomic E-state index is 11.7. The standard InChI is InChI=1S/C19H25N3O2.ClH/c1-20-13-15(16-5-3-4-6-17(16)20)7-10-22-11-8-19(9-12-22)14-21(2)18(23)24-19;/h3-6,13H,7-12,14H2,1-2H3;1H. The number of carbonyl (C=O) groups is 1. The second kappa shape index (κ2) is 6.89. The number of aromatic nitrogens is 1. The summed E-state index contributed by atoms with van der Waals surface area (Å²) in [5, 5.41) is 1.36. The van der Waals surface area contributed by atoms with Crippen LogP contribution >= 0.6 is 12.4 Å². The number of piperidine rings is 1.